The van der Waals surface area contributed by atoms with Gasteiger partial charge in [-0.2, -0.15) is 0 Å². The Labute approximate surface area is 108 Å². The van der Waals surface area contributed by atoms with Gasteiger partial charge in [-0.25, -0.2) is 0 Å². The van der Waals surface area contributed by atoms with Crippen LogP contribution in [0.1, 0.15) is 48.7 Å². The highest BCUT2D eigenvalue weighted by atomic mass is 32.1. The van der Waals surface area contributed by atoms with Gasteiger partial charge in [0.15, 0.2) is 6.29 Å². The Morgan fingerprint density at radius 3 is 2.59 bits per heavy atom. The monoisotopic (exact) mass is 251 g/mol. The summed E-state index contributed by atoms with van der Waals surface area (Å²) < 4.78 is 0. The van der Waals surface area contributed by atoms with E-state index in [2.05, 4.69) is 24.9 Å². The molecule has 1 heterocycles. The summed E-state index contributed by atoms with van der Waals surface area (Å²) in [7, 11) is 2.16. The molecule has 0 aliphatic heterocycles. The molecule has 94 valence electrons. The third-order valence-corrected chi connectivity index (χ3v) is 5.12. The zero-order valence-electron chi connectivity index (χ0n) is 10.7. The van der Waals surface area contributed by atoms with Crippen molar-refractivity contribution >= 4 is 22.6 Å². The van der Waals surface area contributed by atoms with E-state index in [4.69, 9.17) is 0 Å². The first kappa shape index (κ1) is 12.6. The average molecular weight is 251 g/mol. The number of nitrogens with zero attached hydrogens (tertiary/aromatic N) is 1. The second-order valence-corrected chi connectivity index (χ2v) is 6.08. The standard InChI is InChI=1S/C14H21NOS/c1-3-11-4-6-12(7-5-11)15(2)14-9-8-13(10-16)17-14/h8-12H,3-7H2,1-2H3. The molecule has 17 heavy (non-hydrogen) atoms. The van der Waals surface area contributed by atoms with Crippen molar-refractivity contribution in [3.8, 4) is 0 Å². The second kappa shape index (κ2) is 5.67. The maximum absolute atomic E-state index is 10.7. The van der Waals surface area contributed by atoms with E-state index in [0.29, 0.717) is 6.04 Å². The molecule has 3 heteroatoms. The zero-order chi connectivity index (χ0) is 12.3. The van der Waals surface area contributed by atoms with Gasteiger partial charge in [0.2, 0.25) is 0 Å². The van der Waals surface area contributed by atoms with Crippen LogP contribution in [0.4, 0.5) is 5.00 Å². The number of aldehydes is 1. The lowest BCUT2D eigenvalue weighted by Gasteiger charge is -2.35. The van der Waals surface area contributed by atoms with E-state index in [1.165, 1.54) is 37.1 Å². The molecule has 0 unspecified atom stereocenters. The first-order chi connectivity index (χ1) is 8.24. The van der Waals surface area contributed by atoms with Crippen molar-refractivity contribution in [2.24, 2.45) is 5.92 Å². The molecular formula is C14H21NOS. The molecule has 1 fully saturated rings. The number of thiophene rings is 1. The van der Waals surface area contributed by atoms with Crippen LogP contribution in [0.3, 0.4) is 0 Å². The number of hydrogen-bond donors (Lipinski definition) is 0. The van der Waals surface area contributed by atoms with Crippen LogP contribution in [-0.2, 0) is 0 Å². The third kappa shape index (κ3) is 2.89. The van der Waals surface area contributed by atoms with Crippen molar-refractivity contribution in [2.45, 2.75) is 45.1 Å². The summed E-state index contributed by atoms with van der Waals surface area (Å²) in [5, 5.41) is 1.23. The Hall–Kier alpha value is -0.830. The lowest BCUT2D eigenvalue weighted by molar-refractivity contribution is 0.112. The number of carbonyl (C=O) groups excluding carboxylic acids is 1. The lowest BCUT2D eigenvalue weighted by atomic mass is 9.84. The molecule has 0 spiro atoms. The van der Waals surface area contributed by atoms with Crippen LogP contribution in [-0.4, -0.2) is 19.4 Å². The minimum atomic E-state index is 0.663. The first-order valence-corrected chi connectivity index (χ1v) is 7.34. The number of hydrogen-bond acceptors (Lipinski definition) is 3. The van der Waals surface area contributed by atoms with Crippen LogP contribution in [0.2, 0.25) is 0 Å². The van der Waals surface area contributed by atoms with Crippen molar-refractivity contribution in [3.63, 3.8) is 0 Å². The molecule has 1 aliphatic carbocycles. The van der Waals surface area contributed by atoms with Crippen molar-refractivity contribution in [1.29, 1.82) is 0 Å². The van der Waals surface area contributed by atoms with Crippen LogP contribution in [0, 0.1) is 5.92 Å². The lowest BCUT2D eigenvalue weighted by Crippen LogP contribution is -2.34. The SMILES string of the molecule is CCC1CCC(N(C)c2ccc(C=O)s2)CC1. The van der Waals surface area contributed by atoms with Crippen LogP contribution < -0.4 is 4.90 Å². The van der Waals surface area contributed by atoms with Crippen LogP contribution >= 0.6 is 11.3 Å². The Morgan fingerprint density at radius 1 is 1.35 bits per heavy atom. The van der Waals surface area contributed by atoms with Crippen molar-refractivity contribution in [1.82, 2.24) is 0 Å². The second-order valence-electron chi connectivity index (χ2n) is 4.99. The molecule has 0 saturated heterocycles. The Morgan fingerprint density at radius 2 is 2.06 bits per heavy atom. The Bertz CT molecular complexity index is 366. The fraction of sp³-hybridized carbons (Fsp3) is 0.643. The molecular weight excluding hydrogens is 230 g/mol. The predicted octanol–water partition coefficient (Wildman–Crippen LogP) is 3.97. The largest absolute Gasteiger partial charge is 0.364 e. The van der Waals surface area contributed by atoms with Gasteiger partial charge >= 0.3 is 0 Å². The molecule has 1 saturated carbocycles. The minimum absolute atomic E-state index is 0.663. The van der Waals surface area contributed by atoms with E-state index in [0.717, 1.165) is 17.1 Å². The smallest absolute Gasteiger partial charge is 0.160 e. The third-order valence-electron chi connectivity index (χ3n) is 4.02. The number of anilines is 1. The molecule has 0 amide bonds. The normalized spacial score (nSPS) is 24.6. The summed E-state index contributed by atoms with van der Waals surface area (Å²) in [4.78, 5) is 13.9. The molecule has 0 atom stereocenters. The average Bonchev–Trinajstić information content (AvgIpc) is 2.87. The Balaban J connectivity index is 1.96. The predicted molar refractivity (Wildman–Crippen MR) is 74.1 cm³/mol. The molecule has 1 aromatic heterocycles. The molecule has 2 nitrogen and oxygen atoms in total. The molecule has 0 radical (unpaired) electrons. The highest BCUT2D eigenvalue weighted by molar-refractivity contribution is 7.17. The summed E-state index contributed by atoms with van der Waals surface area (Å²) >= 11 is 1.60. The van der Waals surface area contributed by atoms with Gasteiger partial charge in [0.25, 0.3) is 0 Å². The van der Waals surface area contributed by atoms with Gasteiger partial charge in [-0.1, -0.05) is 13.3 Å². The summed E-state index contributed by atoms with van der Waals surface area (Å²) in [5.74, 6) is 0.938. The van der Waals surface area contributed by atoms with Gasteiger partial charge in [0.1, 0.15) is 0 Å². The summed E-state index contributed by atoms with van der Waals surface area (Å²) in [6, 6.07) is 4.65. The van der Waals surface area contributed by atoms with Crippen LogP contribution in [0.5, 0.6) is 0 Å². The number of carbonyl (C=O) groups is 1. The Kier molecular flexibility index (Phi) is 4.21. The van der Waals surface area contributed by atoms with E-state index < -0.39 is 0 Å². The van der Waals surface area contributed by atoms with Gasteiger partial charge in [0.05, 0.1) is 9.88 Å². The summed E-state index contributed by atoms with van der Waals surface area (Å²) in [6.45, 7) is 2.30. The van der Waals surface area contributed by atoms with E-state index in [9.17, 15) is 4.79 Å². The molecule has 1 aliphatic rings. The fourth-order valence-corrected chi connectivity index (χ4v) is 3.57. The topological polar surface area (TPSA) is 20.3 Å². The molecule has 0 bridgehead atoms. The van der Waals surface area contributed by atoms with Crippen molar-refractivity contribution in [3.05, 3.63) is 17.0 Å². The zero-order valence-corrected chi connectivity index (χ0v) is 11.5. The van der Waals surface area contributed by atoms with Gasteiger partial charge in [-0.15, -0.1) is 11.3 Å². The van der Waals surface area contributed by atoms with Gasteiger partial charge < -0.3 is 4.90 Å². The maximum Gasteiger partial charge on any atom is 0.160 e. The van der Waals surface area contributed by atoms with Gasteiger partial charge in [-0.05, 0) is 43.7 Å². The summed E-state index contributed by atoms with van der Waals surface area (Å²) in [5.41, 5.74) is 0. The maximum atomic E-state index is 10.7. The fourth-order valence-electron chi connectivity index (χ4n) is 2.72. The van der Waals surface area contributed by atoms with Crippen LogP contribution in [0.15, 0.2) is 12.1 Å². The summed E-state index contributed by atoms with van der Waals surface area (Å²) in [6.07, 6.45) is 7.57. The van der Waals surface area contributed by atoms with E-state index >= 15 is 0 Å². The van der Waals surface area contributed by atoms with Gasteiger partial charge in [-0.3, -0.25) is 4.79 Å². The van der Waals surface area contributed by atoms with E-state index in [1.807, 2.05) is 6.07 Å². The molecule has 2 rings (SSSR count). The molecule has 0 aromatic carbocycles. The number of rotatable bonds is 4. The van der Waals surface area contributed by atoms with Crippen LogP contribution in [0.25, 0.3) is 0 Å². The molecule has 0 N–H and O–H groups in total. The van der Waals surface area contributed by atoms with Crippen molar-refractivity contribution in [2.75, 3.05) is 11.9 Å². The van der Waals surface area contributed by atoms with E-state index in [-0.39, 0.29) is 0 Å². The first-order valence-electron chi connectivity index (χ1n) is 6.52. The molecule has 1 aromatic rings. The highest BCUT2D eigenvalue weighted by Gasteiger charge is 2.23. The highest BCUT2D eigenvalue weighted by Crippen LogP contribution is 2.33. The van der Waals surface area contributed by atoms with E-state index in [1.54, 1.807) is 11.3 Å². The van der Waals surface area contributed by atoms with Gasteiger partial charge in [0, 0.05) is 13.1 Å². The minimum Gasteiger partial charge on any atom is -0.364 e. The van der Waals surface area contributed by atoms with Crippen molar-refractivity contribution < 1.29 is 4.79 Å². The quantitative estimate of drug-likeness (QED) is 0.755.